The van der Waals surface area contributed by atoms with Crippen LogP contribution in [0.2, 0.25) is 0 Å². The lowest BCUT2D eigenvalue weighted by molar-refractivity contribution is -0.172. The van der Waals surface area contributed by atoms with E-state index in [9.17, 15) is 58.2 Å². The maximum atomic E-state index is 12.1. The van der Waals surface area contributed by atoms with E-state index in [2.05, 4.69) is 26.6 Å². The van der Waals surface area contributed by atoms with Gasteiger partial charge in [-0.1, -0.05) is 156 Å². The molecule has 32 nitrogen and oxygen atoms in total. The third-order valence-corrected chi connectivity index (χ3v) is 14.2. The number of halogens is 3. The number of hydrogen-bond donors (Lipinski definition) is 13. The fourth-order valence-electron chi connectivity index (χ4n) is 7.02. The number of alkyl halides is 3. The smallest absolute Gasteiger partial charge is 0.408 e. The Morgan fingerprint density at radius 2 is 0.745 bits per heavy atom. The monoisotopic (exact) mass is 1590 g/mol. The first kappa shape index (κ1) is 115. The van der Waals surface area contributed by atoms with E-state index in [0.29, 0.717) is 12.8 Å². The summed E-state index contributed by atoms with van der Waals surface area (Å²) in [5, 5.41) is 76.0. The molecule has 16 N–H and O–H groups in total. The number of carboxylic acid groups (broad SMARTS) is 1. The molecule has 0 spiro atoms. The van der Waals surface area contributed by atoms with Crippen molar-refractivity contribution in [2.75, 3.05) is 14.2 Å². The molecular weight excluding hydrogens is 1450 g/mol. The largest absolute Gasteiger partial charge is 0.480 e. The second-order valence-electron chi connectivity index (χ2n) is 30.3. The number of hydrogen-bond acceptors (Lipinski definition) is 23. The van der Waals surface area contributed by atoms with Crippen molar-refractivity contribution in [1.82, 2.24) is 31.6 Å². The van der Waals surface area contributed by atoms with Crippen LogP contribution in [-0.4, -0.2) is 198 Å². The van der Waals surface area contributed by atoms with Gasteiger partial charge in [0.2, 0.25) is 11.8 Å². The van der Waals surface area contributed by atoms with Gasteiger partial charge in [0.05, 0.1) is 37.4 Å². The first-order valence-electron chi connectivity index (χ1n) is 35.0. The molecular formula is C71H138Cl3N11O21. The molecule has 0 saturated carbocycles. The van der Waals surface area contributed by atoms with E-state index in [4.69, 9.17) is 106 Å². The minimum Gasteiger partial charge on any atom is -0.480 e. The highest BCUT2D eigenvalue weighted by Crippen LogP contribution is 2.19. The highest BCUT2D eigenvalue weighted by molar-refractivity contribution is 6.63. The Morgan fingerprint density at radius 1 is 0.481 bits per heavy atom. The van der Waals surface area contributed by atoms with Crippen LogP contribution < -0.4 is 43.8 Å². The maximum absolute atomic E-state index is 12.1. The number of nitriles is 2. The number of nitrogens with one attached hydrogen (secondary N) is 5. The number of carbonyl (C=O) groups excluding carboxylic acids is 9. The van der Waals surface area contributed by atoms with Crippen LogP contribution in [0.15, 0.2) is 0 Å². The van der Waals surface area contributed by atoms with Crippen molar-refractivity contribution in [2.45, 2.75) is 332 Å². The highest BCUT2D eigenvalue weighted by atomic mass is 35.6. The predicted octanol–water partition coefficient (Wildman–Crippen LogP) is 10.1. The minimum absolute atomic E-state index is 0.00262. The summed E-state index contributed by atoms with van der Waals surface area (Å²) in [6, 6.07) is -0.542. The number of aliphatic hydroxyl groups excluding tert-OH is 3. The minimum atomic E-state index is -1.42. The molecule has 0 radical (unpaired) electrons. The Balaban J connectivity index is -0.000000177. The maximum Gasteiger partial charge on any atom is 0.408 e. The molecule has 0 rings (SSSR count). The van der Waals surface area contributed by atoms with Gasteiger partial charge in [-0.05, 0) is 153 Å². The van der Waals surface area contributed by atoms with Gasteiger partial charge in [0, 0.05) is 13.1 Å². The molecule has 0 aromatic carbocycles. The second-order valence-corrected chi connectivity index (χ2v) is 32.3. The average molecular weight is 1590 g/mol. The Labute approximate surface area is 647 Å². The zero-order valence-electron chi connectivity index (χ0n) is 69.0. The van der Waals surface area contributed by atoms with Crippen molar-refractivity contribution in [3.63, 3.8) is 0 Å². The summed E-state index contributed by atoms with van der Waals surface area (Å²) < 4.78 is 24.6. The lowest BCUT2D eigenvalue weighted by Gasteiger charge is -2.28. The van der Waals surface area contributed by atoms with E-state index >= 15 is 0 Å². The number of carboxylic acids is 1. The molecule has 0 aliphatic carbocycles. The summed E-state index contributed by atoms with van der Waals surface area (Å²) in [5.74, 6) is -2.98. The molecule has 0 aliphatic rings. The van der Waals surface area contributed by atoms with Crippen LogP contribution in [-0.2, 0) is 52.5 Å². The quantitative estimate of drug-likeness (QED) is 0.0126. The lowest BCUT2D eigenvalue weighted by Crippen LogP contribution is -2.53. The number of aliphatic hydroxyl groups is 4. The van der Waals surface area contributed by atoms with Crippen LogP contribution in [0, 0.1) is 58.2 Å². The average Bonchev–Trinajstić information content (AvgIpc) is 0.880. The molecule has 8 amide bonds. The molecule has 35 heteroatoms. The summed E-state index contributed by atoms with van der Waals surface area (Å²) in [7, 11) is 2.91. The molecule has 0 fully saturated rings. The van der Waals surface area contributed by atoms with Gasteiger partial charge in [0.15, 0.2) is 16.5 Å². The van der Waals surface area contributed by atoms with Gasteiger partial charge in [-0.3, -0.25) is 19.2 Å². The molecule has 15 atom stereocenters. The molecule has 0 aliphatic heterocycles. The summed E-state index contributed by atoms with van der Waals surface area (Å²) in [6.07, 6.45) is -1.72. The summed E-state index contributed by atoms with van der Waals surface area (Å²) >= 11 is 14.4. The number of likely N-dealkylation sites (N-methyl/N-ethyl adjacent to an activating group) is 1. The number of aldehydes is 1. The topological polar surface area (TPSA) is 516 Å². The predicted molar refractivity (Wildman–Crippen MR) is 409 cm³/mol. The van der Waals surface area contributed by atoms with E-state index in [1.807, 2.05) is 76.2 Å². The zero-order valence-corrected chi connectivity index (χ0v) is 71.3. The van der Waals surface area contributed by atoms with Gasteiger partial charge in [-0.15, -0.1) is 0 Å². The van der Waals surface area contributed by atoms with Crippen LogP contribution >= 0.6 is 34.8 Å². The third-order valence-electron chi connectivity index (χ3n) is 14.2. The number of alkyl carbamates (subject to hydrolysis) is 5. The molecule has 0 bridgehead atoms. The Kier molecular flexibility index (Phi) is 62.7. The van der Waals surface area contributed by atoms with Gasteiger partial charge >= 0.3 is 36.4 Å². The highest BCUT2D eigenvalue weighted by Gasteiger charge is 2.34. The SMILES string of the molecule is CC(C)(O)C#N.CC[C@@H](C)[C@@H](C=O)NC(=O)OC(C)(C)C.CC[C@@H](C)[C@H](N)C(O)C(N)=O.CC[C@@H](C)[C@H](NC(=O)OC(C)(C)C)C(=O)N(C)OC.CC[C@@H](C)[C@H](NC(=O)OC(C)(C)C)C(=O)O.CC[C@@H](C)[C@H](NC(=O)OC(C)(C)C)C(O)C#N.CC[C@@H](C)[C@H](NC(=O)OC(C)(C)C)C(O)C(N)=O.ClC(Cl)Cl. The molecule has 0 aromatic heterocycles. The number of nitrogens with zero attached hydrogens (tertiary/aromatic N) is 3. The van der Waals surface area contributed by atoms with E-state index in [-0.39, 0.29) is 41.4 Å². The molecule has 0 saturated heterocycles. The number of aliphatic carboxylic acids is 1. The van der Waals surface area contributed by atoms with Gasteiger partial charge < -0.3 is 97.8 Å². The number of ether oxygens (including phenoxy) is 5. The Hall–Kier alpha value is -6.49. The van der Waals surface area contributed by atoms with E-state index in [0.717, 1.165) is 37.0 Å². The number of carbonyl (C=O) groups is 10. The zero-order chi connectivity index (χ0) is 86.2. The Morgan fingerprint density at radius 3 is 0.991 bits per heavy atom. The van der Waals surface area contributed by atoms with Crippen molar-refractivity contribution < 1.29 is 102 Å². The second kappa shape index (κ2) is 57.6. The van der Waals surface area contributed by atoms with E-state index in [1.54, 1.807) is 123 Å². The van der Waals surface area contributed by atoms with Gasteiger partial charge in [-0.2, -0.15) is 10.5 Å². The van der Waals surface area contributed by atoms with E-state index < -0.39 is 141 Å². The summed E-state index contributed by atoms with van der Waals surface area (Å²) in [6.45, 7) is 51.9. The van der Waals surface area contributed by atoms with Crippen molar-refractivity contribution in [3.05, 3.63) is 0 Å². The fourth-order valence-corrected chi connectivity index (χ4v) is 7.02. The lowest BCUT2D eigenvalue weighted by atomic mass is 9.94. The molecule has 3 unspecified atom stereocenters. The molecule has 0 aromatic rings. The van der Waals surface area contributed by atoms with Crippen LogP contribution in [0.25, 0.3) is 0 Å². The molecule has 0 heterocycles. The van der Waals surface area contributed by atoms with E-state index in [1.165, 1.54) is 28.0 Å². The first-order chi connectivity index (χ1) is 47.7. The number of amides is 8. The molecule has 106 heavy (non-hydrogen) atoms. The van der Waals surface area contributed by atoms with Gasteiger partial charge in [0.1, 0.15) is 58.1 Å². The van der Waals surface area contributed by atoms with Gasteiger partial charge in [-0.25, -0.2) is 33.8 Å². The molecule has 624 valence electrons. The number of rotatable bonds is 26. The van der Waals surface area contributed by atoms with Crippen LogP contribution in [0.4, 0.5) is 24.0 Å². The van der Waals surface area contributed by atoms with Crippen molar-refractivity contribution in [3.8, 4) is 12.1 Å². The van der Waals surface area contributed by atoms with Crippen LogP contribution in [0.1, 0.15) is 239 Å². The van der Waals surface area contributed by atoms with Gasteiger partial charge in [0.25, 0.3) is 5.91 Å². The first-order valence-corrected chi connectivity index (χ1v) is 36.3. The van der Waals surface area contributed by atoms with Crippen LogP contribution in [0.3, 0.4) is 0 Å². The summed E-state index contributed by atoms with van der Waals surface area (Å²) in [4.78, 5) is 118. The fraction of sp³-hybridized carbons (Fsp3) is 0.831. The Bertz CT molecular complexity index is 2600. The summed E-state index contributed by atoms with van der Waals surface area (Å²) in [5.41, 5.74) is 11.3. The number of nitrogens with two attached hydrogens (primary N) is 3. The number of hydroxylamine groups is 2. The van der Waals surface area contributed by atoms with Crippen LogP contribution in [0.5, 0.6) is 0 Å². The normalized spacial score (nSPS) is 15.4. The van der Waals surface area contributed by atoms with Crippen molar-refractivity contribution in [2.24, 2.45) is 52.7 Å². The standard InChI is InChI=1S/C13H26N2O4.C12H24N2O4.C12H22N2O3.C11H21NO4.C11H21NO3.C7H16N2O2.C4H7NO.CHCl3/c1-8-9(2)10(11(16)15(6)18-7)14-12(17)19-13(3,4)5;1-6-7(2)8(9(15)10(13)16)14-11(17)18-12(3,4)5;1-6-8(2)10(9(15)7-13)14-11(16)17-12(3,4)5;1-6-7(2)8(9(13)14)12-10(15)16-11(3,4)5;1-6-8(2)9(7-13)12-10(14)15-11(3,4)5;1-3-4(2)5(8)6(10)7(9)11;1-4(2,6)3-5;2-1(3)4/h9-10H,8H2,1-7H3,(H,14,17);7-9,15H,6H2,1-5H3,(H2,13,16)(H,14,17);8-10,15H,6H2,1-5H3,(H,14,16);7-8H,6H2,1-5H3,(H,12,15)(H,13,14);7-9H,6H2,1-5H3,(H,12,14);4-6,10H,3,8H2,1-2H3,(H2,9,11);6H,1-2H3;1H/t9-,10+;7-,8+,9?;8-,9?,10+;7-,8+;8-,9-;4-,5+,6?;;/m111111../s1. The third kappa shape index (κ3) is 68.1. The van der Waals surface area contributed by atoms with Crippen molar-refractivity contribution in [1.29, 1.82) is 10.5 Å². The number of primary amides is 2. The van der Waals surface area contributed by atoms with Crippen molar-refractivity contribution >= 4 is 95.2 Å².